The summed E-state index contributed by atoms with van der Waals surface area (Å²) >= 11 is 0. The molecule has 2 atom stereocenters. The Labute approximate surface area is 88.4 Å². The maximum atomic E-state index is 11.2. The molecular weight excluding hydrogens is 194 g/mol. The predicted octanol–water partition coefficient (Wildman–Crippen LogP) is 0.177. The number of aromatic nitrogens is 2. The number of hydrogen-bond donors (Lipinski definition) is 1. The molecule has 1 aliphatic rings. The van der Waals surface area contributed by atoms with Crippen LogP contribution < -0.4 is 5.32 Å². The van der Waals surface area contributed by atoms with Gasteiger partial charge in [-0.2, -0.15) is 5.10 Å². The van der Waals surface area contributed by atoms with Gasteiger partial charge < -0.3 is 4.74 Å². The Morgan fingerprint density at radius 1 is 1.80 bits per heavy atom. The van der Waals surface area contributed by atoms with Crippen molar-refractivity contribution in [3.05, 3.63) is 18.5 Å². The molecule has 1 aliphatic heterocycles. The molecule has 82 valence electrons. The van der Waals surface area contributed by atoms with Crippen molar-refractivity contribution in [3.8, 4) is 0 Å². The van der Waals surface area contributed by atoms with Crippen molar-refractivity contribution in [3.63, 3.8) is 0 Å². The Morgan fingerprint density at radius 3 is 3.27 bits per heavy atom. The molecule has 1 saturated heterocycles. The minimum atomic E-state index is -0.143. The maximum Gasteiger partial charge on any atom is 0.323 e. The molecule has 1 N–H and O–H groups in total. The summed E-state index contributed by atoms with van der Waals surface area (Å²) in [5.41, 5.74) is 0. The first kappa shape index (κ1) is 10.2. The van der Waals surface area contributed by atoms with Crippen molar-refractivity contribution < 1.29 is 9.53 Å². The van der Waals surface area contributed by atoms with Crippen LogP contribution in [0.5, 0.6) is 0 Å². The molecule has 0 saturated carbocycles. The van der Waals surface area contributed by atoms with Gasteiger partial charge >= 0.3 is 5.97 Å². The Morgan fingerprint density at radius 2 is 2.67 bits per heavy atom. The lowest BCUT2D eigenvalue weighted by Gasteiger charge is -2.16. The molecule has 0 radical (unpaired) electrons. The first-order valence-electron chi connectivity index (χ1n) is 5.16. The number of cyclic esters (lactones) is 1. The van der Waals surface area contributed by atoms with Gasteiger partial charge in [-0.15, -0.1) is 0 Å². The molecule has 1 aromatic rings. The fourth-order valence-corrected chi connectivity index (χ4v) is 1.73. The minimum Gasteiger partial charge on any atom is -0.464 e. The Balaban J connectivity index is 1.82. The third-order valence-electron chi connectivity index (χ3n) is 2.44. The van der Waals surface area contributed by atoms with Crippen LogP contribution in [-0.4, -0.2) is 34.4 Å². The van der Waals surface area contributed by atoms with Gasteiger partial charge in [0.2, 0.25) is 0 Å². The molecule has 5 nitrogen and oxygen atoms in total. The largest absolute Gasteiger partial charge is 0.464 e. The van der Waals surface area contributed by atoms with Crippen molar-refractivity contribution in [1.82, 2.24) is 15.1 Å². The van der Waals surface area contributed by atoms with Crippen LogP contribution in [0.4, 0.5) is 0 Å². The van der Waals surface area contributed by atoms with Crippen LogP contribution in [0.25, 0.3) is 0 Å². The van der Waals surface area contributed by atoms with Gasteiger partial charge in [0.15, 0.2) is 0 Å². The van der Waals surface area contributed by atoms with Crippen LogP contribution in [0.2, 0.25) is 0 Å². The molecule has 0 amide bonds. The second kappa shape index (κ2) is 4.44. The molecule has 1 aromatic heterocycles. The molecule has 0 aliphatic carbocycles. The second-order valence-corrected chi connectivity index (χ2v) is 3.80. The summed E-state index contributed by atoms with van der Waals surface area (Å²) in [4.78, 5) is 11.2. The smallest absolute Gasteiger partial charge is 0.323 e. The van der Waals surface area contributed by atoms with E-state index in [1.807, 2.05) is 23.9 Å². The summed E-state index contributed by atoms with van der Waals surface area (Å²) in [6.07, 6.45) is 4.42. The van der Waals surface area contributed by atoms with E-state index < -0.39 is 0 Å². The van der Waals surface area contributed by atoms with E-state index in [9.17, 15) is 4.79 Å². The molecule has 15 heavy (non-hydrogen) atoms. The van der Waals surface area contributed by atoms with Gasteiger partial charge in [0.05, 0.1) is 13.2 Å². The van der Waals surface area contributed by atoms with Gasteiger partial charge in [0.1, 0.15) is 6.04 Å². The number of ether oxygens (including phenoxy) is 1. The Bertz CT molecular complexity index is 323. The fraction of sp³-hybridized carbons (Fsp3) is 0.600. The fourth-order valence-electron chi connectivity index (χ4n) is 1.73. The van der Waals surface area contributed by atoms with Crippen molar-refractivity contribution >= 4 is 5.97 Å². The highest BCUT2D eigenvalue weighted by Gasteiger charge is 2.27. The molecule has 0 bridgehead atoms. The number of carbonyl (C=O) groups is 1. The molecule has 0 aromatic carbocycles. The van der Waals surface area contributed by atoms with E-state index in [0.29, 0.717) is 6.61 Å². The zero-order valence-electron chi connectivity index (χ0n) is 8.72. The number of esters is 1. The summed E-state index contributed by atoms with van der Waals surface area (Å²) in [5, 5.41) is 7.34. The van der Waals surface area contributed by atoms with Crippen molar-refractivity contribution in [1.29, 1.82) is 0 Å². The normalized spacial score (nSPS) is 22.7. The van der Waals surface area contributed by atoms with E-state index in [0.717, 1.165) is 13.0 Å². The highest BCUT2D eigenvalue weighted by Crippen LogP contribution is 2.07. The van der Waals surface area contributed by atoms with Crippen molar-refractivity contribution in [2.45, 2.75) is 32.0 Å². The monoisotopic (exact) mass is 209 g/mol. The lowest BCUT2D eigenvalue weighted by atomic mass is 10.2. The summed E-state index contributed by atoms with van der Waals surface area (Å²) in [5.74, 6) is -0.137. The van der Waals surface area contributed by atoms with Crippen LogP contribution in [0, 0.1) is 0 Å². The molecular formula is C10H15N3O2. The molecule has 2 rings (SSSR count). The quantitative estimate of drug-likeness (QED) is 0.718. The van der Waals surface area contributed by atoms with E-state index in [1.54, 1.807) is 6.20 Å². The van der Waals surface area contributed by atoms with E-state index >= 15 is 0 Å². The van der Waals surface area contributed by atoms with Gasteiger partial charge in [-0.1, -0.05) is 0 Å². The van der Waals surface area contributed by atoms with E-state index in [2.05, 4.69) is 10.4 Å². The summed E-state index contributed by atoms with van der Waals surface area (Å²) in [6.45, 7) is 3.33. The third kappa shape index (κ3) is 2.56. The number of rotatable bonds is 4. The highest BCUT2D eigenvalue weighted by atomic mass is 16.5. The van der Waals surface area contributed by atoms with Gasteiger partial charge in [-0.25, -0.2) is 0 Å². The number of hydrogen-bond acceptors (Lipinski definition) is 4. The average Bonchev–Trinajstić information content (AvgIpc) is 2.79. The highest BCUT2D eigenvalue weighted by molar-refractivity contribution is 5.77. The number of carbonyl (C=O) groups excluding carboxylic acids is 1. The van der Waals surface area contributed by atoms with Crippen LogP contribution >= 0.6 is 0 Å². The Kier molecular flexibility index (Phi) is 3.01. The molecule has 2 unspecified atom stereocenters. The zero-order valence-corrected chi connectivity index (χ0v) is 8.72. The molecule has 5 heteroatoms. The van der Waals surface area contributed by atoms with Gasteiger partial charge in [-0.05, 0) is 13.0 Å². The lowest BCUT2D eigenvalue weighted by Crippen LogP contribution is -2.41. The summed E-state index contributed by atoms with van der Waals surface area (Å²) in [6, 6.07) is 1.95. The number of nitrogens with one attached hydrogen (secondary N) is 1. The third-order valence-corrected chi connectivity index (χ3v) is 2.44. The Hall–Kier alpha value is -1.36. The first-order chi connectivity index (χ1) is 7.25. The summed E-state index contributed by atoms with van der Waals surface area (Å²) in [7, 11) is 0. The van der Waals surface area contributed by atoms with Gasteiger partial charge in [-0.3, -0.25) is 14.8 Å². The SMILES string of the molecule is CC(Cn1cccn1)NC1CCOC1=O. The topological polar surface area (TPSA) is 56.1 Å². The zero-order chi connectivity index (χ0) is 10.7. The standard InChI is InChI=1S/C10H15N3O2/c1-8(7-13-5-2-4-11-13)12-9-3-6-15-10(9)14/h2,4-5,8-9,12H,3,6-7H2,1H3. The first-order valence-corrected chi connectivity index (χ1v) is 5.16. The van der Waals surface area contributed by atoms with E-state index in [1.165, 1.54) is 0 Å². The van der Waals surface area contributed by atoms with Crippen molar-refractivity contribution in [2.24, 2.45) is 0 Å². The van der Waals surface area contributed by atoms with E-state index in [-0.39, 0.29) is 18.1 Å². The molecule has 0 spiro atoms. The minimum absolute atomic E-state index is 0.137. The molecule has 2 heterocycles. The van der Waals surface area contributed by atoms with E-state index in [4.69, 9.17) is 4.74 Å². The predicted molar refractivity (Wildman–Crippen MR) is 54.2 cm³/mol. The maximum absolute atomic E-state index is 11.2. The summed E-state index contributed by atoms with van der Waals surface area (Å²) < 4.78 is 6.72. The lowest BCUT2D eigenvalue weighted by molar-refractivity contribution is -0.139. The average molecular weight is 209 g/mol. The van der Waals surface area contributed by atoms with Gasteiger partial charge in [0, 0.05) is 24.9 Å². The second-order valence-electron chi connectivity index (χ2n) is 3.80. The van der Waals surface area contributed by atoms with Crippen LogP contribution in [0.3, 0.4) is 0 Å². The van der Waals surface area contributed by atoms with Crippen LogP contribution in [0.15, 0.2) is 18.5 Å². The molecule has 1 fully saturated rings. The van der Waals surface area contributed by atoms with Crippen molar-refractivity contribution in [2.75, 3.05) is 6.61 Å². The van der Waals surface area contributed by atoms with Gasteiger partial charge in [0.25, 0.3) is 0 Å². The van der Waals surface area contributed by atoms with Crippen LogP contribution in [0.1, 0.15) is 13.3 Å². The van der Waals surface area contributed by atoms with Crippen LogP contribution in [-0.2, 0) is 16.1 Å². The number of nitrogens with zero attached hydrogens (tertiary/aromatic N) is 2.